The molecule has 2 aromatic carbocycles. The van der Waals surface area contributed by atoms with Crippen molar-refractivity contribution in [3.05, 3.63) is 59.8 Å². The number of thioether (sulfide) groups is 1. The molecule has 4 heteroatoms. The number of para-hydroxylation sites is 1. The number of nitrogens with zero attached hydrogens (tertiary/aromatic N) is 1. The van der Waals surface area contributed by atoms with Gasteiger partial charge in [-0.15, -0.1) is 11.8 Å². The van der Waals surface area contributed by atoms with Crippen molar-refractivity contribution in [2.75, 3.05) is 11.6 Å². The summed E-state index contributed by atoms with van der Waals surface area (Å²) in [4.78, 5) is 13.6. The average molecular weight is 324 g/mol. The monoisotopic (exact) mass is 324 g/mol. The van der Waals surface area contributed by atoms with E-state index in [4.69, 9.17) is 0 Å². The first-order valence-electron chi connectivity index (χ1n) is 7.57. The van der Waals surface area contributed by atoms with E-state index < -0.39 is 0 Å². The van der Waals surface area contributed by atoms with Gasteiger partial charge in [0.15, 0.2) is 0 Å². The van der Waals surface area contributed by atoms with Crippen LogP contribution in [0.15, 0.2) is 53.4 Å². The van der Waals surface area contributed by atoms with Crippen LogP contribution in [-0.4, -0.2) is 16.7 Å². The molecule has 0 radical (unpaired) electrons. The smallest absolute Gasteiger partial charge is 0.230 e. The lowest BCUT2D eigenvalue weighted by Crippen LogP contribution is -2.16. The fraction of sp³-hybridized carbons (Fsp3) is 0.211. The highest BCUT2D eigenvalue weighted by Gasteiger charge is 2.17. The van der Waals surface area contributed by atoms with Gasteiger partial charge in [-0.2, -0.15) is 0 Å². The second-order valence-electron chi connectivity index (χ2n) is 5.65. The normalized spacial score (nSPS) is 10.9. The standard InChI is InChI=1S/C19H20N2OS/c1-13-9-10-16-15(11-13)19(23-3)17(21(16)2)12-18(22)20-14-7-5-4-6-8-14/h4-11H,12H2,1-3H3,(H,20,22). The number of aryl methyl sites for hydroxylation is 2. The zero-order valence-electron chi connectivity index (χ0n) is 13.6. The first-order valence-corrected chi connectivity index (χ1v) is 8.79. The summed E-state index contributed by atoms with van der Waals surface area (Å²) in [6, 6.07) is 16.0. The number of anilines is 1. The molecule has 0 aliphatic heterocycles. The lowest BCUT2D eigenvalue weighted by molar-refractivity contribution is -0.115. The van der Waals surface area contributed by atoms with Crippen molar-refractivity contribution < 1.29 is 4.79 Å². The summed E-state index contributed by atoms with van der Waals surface area (Å²) in [5.41, 5.74) is 4.30. The number of rotatable bonds is 4. The number of hydrogen-bond acceptors (Lipinski definition) is 2. The number of benzene rings is 2. The van der Waals surface area contributed by atoms with Crippen molar-refractivity contribution in [3.63, 3.8) is 0 Å². The van der Waals surface area contributed by atoms with Crippen LogP contribution in [0.3, 0.4) is 0 Å². The maximum atomic E-state index is 12.4. The molecule has 3 rings (SSSR count). The van der Waals surface area contributed by atoms with Crippen molar-refractivity contribution in [1.29, 1.82) is 0 Å². The maximum Gasteiger partial charge on any atom is 0.230 e. The van der Waals surface area contributed by atoms with Gasteiger partial charge < -0.3 is 9.88 Å². The fourth-order valence-corrected chi connectivity index (χ4v) is 3.71. The molecule has 3 aromatic rings. The molecule has 1 heterocycles. The molecule has 0 fully saturated rings. The van der Waals surface area contributed by atoms with Crippen LogP contribution >= 0.6 is 11.8 Å². The molecule has 0 saturated carbocycles. The molecule has 3 nitrogen and oxygen atoms in total. The van der Waals surface area contributed by atoms with Crippen molar-refractivity contribution >= 4 is 34.3 Å². The highest BCUT2D eigenvalue weighted by molar-refractivity contribution is 7.98. The molecular formula is C19H20N2OS. The SMILES string of the molecule is CSc1c(CC(=O)Nc2ccccc2)n(C)c2ccc(C)cc12. The minimum absolute atomic E-state index is 0.00845. The Morgan fingerprint density at radius 3 is 2.61 bits per heavy atom. The molecule has 0 bridgehead atoms. The van der Waals surface area contributed by atoms with Crippen LogP contribution < -0.4 is 5.32 Å². The van der Waals surface area contributed by atoms with Gasteiger partial charge in [-0.25, -0.2) is 0 Å². The number of carbonyl (C=O) groups is 1. The van der Waals surface area contributed by atoms with Crippen molar-refractivity contribution in [2.24, 2.45) is 7.05 Å². The van der Waals surface area contributed by atoms with Gasteiger partial charge in [0, 0.05) is 34.2 Å². The zero-order valence-corrected chi connectivity index (χ0v) is 14.4. The number of nitrogens with one attached hydrogen (secondary N) is 1. The Labute approximate surface area is 140 Å². The summed E-state index contributed by atoms with van der Waals surface area (Å²) in [6.07, 6.45) is 2.44. The molecule has 0 atom stereocenters. The third kappa shape index (κ3) is 3.13. The van der Waals surface area contributed by atoms with Gasteiger partial charge in [0.2, 0.25) is 5.91 Å². The minimum atomic E-state index is 0.00845. The van der Waals surface area contributed by atoms with Crippen LogP contribution in [0.4, 0.5) is 5.69 Å². The highest BCUT2D eigenvalue weighted by atomic mass is 32.2. The topological polar surface area (TPSA) is 34.0 Å². The van der Waals surface area contributed by atoms with E-state index in [0.717, 1.165) is 11.4 Å². The van der Waals surface area contributed by atoms with Crippen LogP contribution in [0.5, 0.6) is 0 Å². The zero-order chi connectivity index (χ0) is 16.4. The summed E-state index contributed by atoms with van der Waals surface area (Å²) >= 11 is 1.70. The van der Waals surface area contributed by atoms with E-state index in [9.17, 15) is 4.79 Å². The van der Waals surface area contributed by atoms with Crippen LogP contribution in [0.25, 0.3) is 10.9 Å². The molecule has 0 aliphatic carbocycles. The number of carbonyl (C=O) groups excluding carboxylic acids is 1. The van der Waals surface area contributed by atoms with Gasteiger partial charge in [-0.3, -0.25) is 4.79 Å². The molecule has 0 spiro atoms. The summed E-state index contributed by atoms with van der Waals surface area (Å²) in [7, 11) is 2.03. The summed E-state index contributed by atoms with van der Waals surface area (Å²) < 4.78 is 2.13. The van der Waals surface area contributed by atoms with E-state index in [-0.39, 0.29) is 5.91 Å². The first kappa shape index (κ1) is 15.7. The molecule has 0 saturated heterocycles. The molecule has 23 heavy (non-hydrogen) atoms. The van der Waals surface area contributed by atoms with E-state index in [2.05, 4.69) is 41.3 Å². The average Bonchev–Trinajstić information content (AvgIpc) is 2.79. The number of amides is 1. The predicted molar refractivity (Wildman–Crippen MR) is 98.2 cm³/mol. The molecule has 0 aliphatic rings. The van der Waals surface area contributed by atoms with Gasteiger partial charge in [0.1, 0.15) is 0 Å². The van der Waals surface area contributed by atoms with Crippen LogP contribution in [0.1, 0.15) is 11.3 Å². The molecule has 1 aromatic heterocycles. The summed E-state index contributed by atoms with van der Waals surface area (Å²) in [5, 5.41) is 4.19. The lowest BCUT2D eigenvalue weighted by atomic mass is 10.2. The third-order valence-corrected chi connectivity index (χ3v) is 4.88. The fourth-order valence-electron chi connectivity index (χ4n) is 2.88. The van der Waals surface area contributed by atoms with Gasteiger partial charge in [-0.1, -0.05) is 29.8 Å². The van der Waals surface area contributed by atoms with E-state index in [1.807, 2.05) is 37.4 Å². The van der Waals surface area contributed by atoms with Crippen molar-refractivity contribution in [3.8, 4) is 0 Å². The van der Waals surface area contributed by atoms with Crippen molar-refractivity contribution in [1.82, 2.24) is 4.57 Å². The van der Waals surface area contributed by atoms with E-state index in [0.29, 0.717) is 6.42 Å². The maximum absolute atomic E-state index is 12.4. The Morgan fingerprint density at radius 1 is 1.17 bits per heavy atom. The van der Waals surface area contributed by atoms with Crippen LogP contribution in [0.2, 0.25) is 0 Å². The largest absolute Gasteiger partial charge is 0.346 e. The lowest BCUT2D eigenvalue weighted by Gasteiger charge is -2.08. The van der Waals surface area contributed by atoms with E-state index in [1.165, 1.54) is 21.4 Å². The van der Waals surface area contributed by atoms with Crippen LogP contribution in [0, 0.1) is 6.92 Å². The number of fused-ring (bicyclic) bond motifs is 1. The predicted octanol–water partition coefficient (Wildman–Crippen LogP) is 4.39. The molecule has 0 unspecified atom stereocenters. The summed E-state index contributed by atoms with van der Waals surface area (Å²) in [6.45, 7) is 2.10. The molecular weight excluding hydrogens is 304 g/mol. The van der Waals surface area contributed by atoms with Crippen LogP contribution in [-0.2, 0) is 18.3 Å². The number of hydrogen-bond donors (Lipinski definition) is 1. The first-order chi connectivity index (χ1) is 11.1. The minimum Gasteiger partial charge on any atom is -0.346 e. The Bertz CT molecular complexity index is 853. The Hall–Kier alpha value is -2.20. The molecule has 1 amide bonds. The van der Waals surface area contributed by atoms with Gasteiger partial charge in [-0.05, 0) is 37.4 Å². The summed E-state index contributed by atoms with van der Waals surface area (Å²) in [5.74, 6) is 0.00845. The van der Waals surface area contributed by atoms with E-state index >= 15 is 0 Å². The van der Waals surface area contributed by atoms with Gasteiger partial charge in [0.05, 0.1) is 6.42 Å². The van der Waals surface area contributed by atoms with Gasteiger partial charge in [0.25, 0.3) is 0 Å². The third-order valence-electron chi connectivity index (χ3n) is 4.01. The Kier molecular flexibility index (Phi) is 4.44. The van der Waals surface area contributed by atoms with Gasteiger partial charge >= 0.3 is 0 Å². The van der Waals surface area contributed by atoms with Crippen molar-refractivity contribution in [2.45, 2.75) is 18.2 Å². The Morgan fingerprint density at radius 2 is 1.91 bits per heavy atom. The highest BCUT2D eigenvalue weighted by Crippen LogP contribution is 2.33. The molecule has 1 N–H and O–H groups in total. The molecule has 118 valence electrons. The Balaban J connectivity index is 1.93. The van der Waals surface area contributed by atoms with E-state index in [1.54, 1.807) is 11.8 Å². The number of aromatic nitrogens is 1. The quantitative estimate of drug-likeness (QED) is 0.722. The second kappa shape index (κ2) is 6.50. The second-order valence-corrected chi connectivity index (χ2v) is 6.47.